The van der Waals surface area contributed by atoms with E-state index in [0.29, 0.717) is 18.3 Å². The summed E-state index contributed by atoms with van der Waals surface area (Å²) in [6.45, 7) is 1.35. The topological polar surface area (TPSA) is 67.1 Å². The molecular weight excluding hydrogens is 383 g/mol. The van der Waals surface area contributed by atoms with Gasteiger partial charge in [0.1, 0.15) is 5.82 Å². The highest BCUT2D eigenvalue weighted by molar-refractivity contribution is 5.55. The Morgan fingerprint density at radius 3 is 2.62 bits per heavy atom. The zero-order chi connectivity index (χ0) is 20.4. The van der Waals surface area contributed by atoms with E-state index < -0.39 is 11.7 Å². The first-order valence-corrected chi connectivity index (χ1v) is 9.32. The van der Waals surface area contributed by atoms with Gasteiger partial charge in [-0.2, -0.15) is 18.2 Å². The third-order valence-electron chi connectivity index (χ3n) is 5.04. The molecule has 1 aliphatic rings. The first-order chi connectivity index (χ1) is 13.9. The summed E-state index contributed by atoms with van der Waals surface area (Å²) in [5, 5.41) is 7.02. The summed E-state index contributed by atoms with van der Waals surface area (Å²) in [6.07, 6.45) is -0.829. The smallest absolute Gasteiger partial charge is 0.373 e. The maximum absolute atomic E-state index is 12.7. The van der Waals surface area contributed by atoms with Gasteiger partial charge in [-0.3, -0.25) is 4.90 Å². The summed E-state index contributed by atoms with van der Waals surface area (Å²) in [7, 11) is 1.79. The minimum Gasteiger partial charge on any atom is -0.373 e. The zero-order valence-corrected chi connectivity index (χ0v) is 15.8. The second-order valence-electron chi connectivity index (χ2n) is 6.96. The van der Waals surface area contributed by atoms with Crippen molar-refractivity contribution in [3.05, 3.63) is 59.6 Å². The Bertz CT molecular complexity index is 953. The predicted molar refractivity (Wildman–Crippen MR) is 101 cm³/mol. The van der Waals surface area contributed by atoms with Crippen molar-refractivity contribution in [3.63, 3.8) is 0 Å². The fraction of sp³-hybridized carbons (Fsp3) is 0.350. The van der Waals surface area contributed by atoms with E-state index in [1.165, 1.54) is 12.1 Å². The van der Waals surface area contributed by atoms with Gasteiger partial charge in [-0.25, -0.2) is 4.98 Å². The van der Waals surface area contributed by atoms with Gasteiger partial charge < -0.3 is 9.84 Å². The van der Waals surface area contributed by atoms with E-state index in [9.17, 15) is 13.2 Å². The van der Waals surface area contributed by atoms with Crippen molar-refractivity contribution in [3.8, 4) is 11.4 Å². The highest BCUT2D eigenvalue weighted by Gasteiger charge is 2.32. The van der Waals surface area contributed by atoms with E-state index in [2.05, 4.69) is 25.3 Å². The minimum absolute atomic E-state index is 0.0527. The number of aromatic nitrogens is 3. The molecule has 9 heteroatoms. The van der Waals surface area contributed by atoms with Crippen LogP contribution >= 0.6 is 0 Å². The molecule has 1 atom stereocenters. The van der Waals surface area contributed by atoms with Crippen LogP contribution in [0.25, 0.3) is 11.4 Å². The number of nitrogens with one attached hydrogen (secondary N) is 1. The molecule has 2 aromatic heterocycles. The van der Waals surface area contributed by atoms with Crippen LogP contribution in [0.5, 0.6) is 0 Å². The number of pyridine rings is 1. The van der Waals surface area contributed by atoms with Gasteiger partial charge in [0.15, 0.2) is 0 Å². The van der Waals surface area contributed by atoms with Crippen molar-refractivity contribution in [2.75, 3.05) is 18.9 Å². The van der Waals surface area contributed by atoms with E-state index in [-0.39, 0.29) is 6.04 Å². The summed E-state index contributed by atoms with van der Waals surface area (Å²) in [5.41, 5.74) is 0.932. The lowest BCUT2D eigenvalue weighted by molar-refractivity contribution is -0.137. The molecule has 0 radical (unpaired) electrons. The molecule has 0 aliphatic carbocycles. The molecule has 1 unspecified atom stereocenters. The van der Waals surface area contributed by atoms with Gasteiger partial charge in [0, 0.05) is 25.4 Å². The molecule has 0 spiro atoms. The fourth-order valence-electron chi connectivity index (χ4n) is 3.49. The number of likely N-dealkylation sites (tertiary alicyclic amines) is 1. The van der Waals surface area contributed by atoms with Gasteiger partial charge in [0.25, 0.3) is 0 Å². The van der Waals surface area contributed by atoms with Gasteiger partial charge in [-0.15, -0.1) is 0 Å². The Hall–Kier alpha value is -2.94. The molecule has 1 saturated heterocycles. The molecule has 0 bridgehead atoms. The molecule has 1 fully saturated rings. The Labute approximate surface area is 165 Å². The van der Waals surface area contributed by atoms with Crippen molar-refractivity contribution in [2.24, 2.45) is 0 Å². The molecule has 3 heterocycles. The van der Waals surface area contributed by atoms with Crippen molar-refractivity contribution in [2.45, 2.75) is 31.6 Å². The number of hydrogen-bond acceptors (Lipinski definition) is 6. The summed E-state index contributed by atoms with van der Waals surface area (Å²) in [4.78, 5) is 10.9. The first-order valence-electron chi connectivity index (χ1n) is 9.32. The van der Waals surface area contributed by atoms with Crippen molar-refractivity contribution < 1.29 is 17.7 Å². The maximum Gasteiger partial charge on any atom is 0.416 e. The molecule has 1 aromatic carbocycles. The Kier molecular flexibility index (Phi) is 5.23. The molecular formula is C20H20F3N5O. The van der Waals surface area contributed by atoms with Gasteiger partial charge in [0.05, 0.1) is 11.6 Å². The van der Waals surface area contributed by atoms with E-state index in [1.54, 1.807) is 13.2 Å². The van der Waals surface area contributed by atoms with Crippen molar-refractivity contribution in [1.29, 1.82) is 0 Å². The van der Waals surface area contributed by atoms with Gasteiger partial charge in [0.2, 0.25) is 11.7 Å². The van der Waals surface area contributed by atoms with Crippen LogP contribution in [0.4, 0.5) is 19.0 Å². The largest absolute Gasteiger partial charge is 0.416 e. The number of hydrogen-bond donors (Lipinski definition) is 1. The third-order valence-corrected chi connectivity index (χ3v) is 5.04. The Morgan fingerprint density at radius 1 is 1.17 bits per heavy atom. The van der Waals surface area contributed by atoms with Crippen LogP contribution in [-0.2, 0) is 12.7 Å². The second-order valence-corrected chi connectivity index (χ2v) is 6.96. The number of nitrogens with zero attached hydrogens (tertiary/aromatic N) is 4. The lowest BCUT2D eigenvalue weighted by Gasteiger charge is -2.21. The highest BCUT2D eigenvalue weighted by atomic mass is 19.4. The van der Waals surface area contributed by atoms with Crippen molar-refractivity contribution >= 4 is 5.82 Å². The van der Waals surface area contributed by atoms with Crippen LogP contribution in [0, 0.1) is 0 Å². The number of alkyl halides is 3. The lowest BCUT2D eigenvalue weighted by atomic mass is 10.1. The normalized spacial score (nSPS) is 17.6. The van der Waals surface area contributed by atoms with Crippen LogP contribution in [0.1, 0.15) is 35.9 Å². The molecule has 1 aliphatic heterocycles. The van der Waals surface area contributed by atoms with E-state index in [4.69, 9.17) is 4.52 Å². The average molecular weight is 403 g/mol. The lowest BCUT2D eigenvalue weighted by Crippen LogP contribution is -2.23. The van der Waals surface area contributed by atoms with Crippen LogP contribution in [0.3, 0.4) is 0 Å². The van der Waals surface area contributed by atoms with E-state index in [1.807, 2.05) is 12.1 Å². The number of anilines is 1. The zero-order valence-electron chi connectivity index (χ0n) is 15.8. The molecule has 3 aromatic rings. The van der Waals surface area contributed by atoms with Crippen LogP contribution in [0.2, 0.25) is 0 Å². The molecule has 4 rings (SSSR count). The first kappa shape index (κ1) is 19.4. The standard InChI is InChI=1S/C20H20F3N5O/c1-24-17-9-6-14(11-25-17)18-26-19(29-27-18)16-3-2-10-28(16)12-13-4-7-15(8-5-13)20(21,22)23/h4-9,11,16H,2-3,10,12H2,1H3,(H,24,25). The predicted octanol–water partition coefficient (Wildman–Crippen LogP) is 4.53. The van der Waals surface area contributed by atoms with Crippen molar-refractivity contribution in [1.82, 2.24) is 20.0 Å². The Balaban J connectivity index is 1.48. The summed E-state index contributed by atoms with van der Waals surface area (Å²) < 4.78 is 43.7. The quantitative estimate of drug-likeness (QED) is 0.675. The molecule has 0 amide bonds. The van der Waals surface area contributed by atoms with Gasteiger partial charge in [-0.05, 0) is 49.2 Å². The Morgan fingerprint density at radius 2 is 1.97 bits per heavy atom. The monoisotopic (exact) mass is 403 g/mol. The summed E-state index contributed by atoms with van der Waals surface area (Å²) in [5.74, 6) is 1.73. The molecule has 6 nitrogen and oxygen atoms in total. The van der Waals surface area contributed by atoms with Gasteiger partial charge >= 0.3 is 6.18 Å². The highest BCUT2D eigenvalue weighted by Crippen LogP contribution is 2.34. The number of benzene rings is 1. The molecule has 0 saturated carbocycles. The van der Waals surface area contributed by atoms with Gasteiger partial charge in [-0.1, -0.05) is 17.3 Å². The van der Waals surface area contributed by atoms with Crippen LogP contribution < -0.4 is 5.32 Å². The molecule has 152 valence electrons. The average Bonchev–Trinajstić information content (AvgIpc) is 3.37. The third kappa shape index (κ3) is 4.24. The van der Waals surface area contributed by atoms with E-state index in [0.717, 1.165) is 48.5 Å². The number of rotatable bonds is 5. The van der Waals surface area contributed by atoms with E-state index >= 15 is 0 Å². The second kappa shape index (κ2) is 7.82. The van der Waals surface area contributed by atoms with Crippen LogP contribution in [-0.4, -0.2) is 33.6 Å². The number of halogens is 3. The minimum atomic E-state index is -4.32. The fourth-order valence-corrected chi connectivity index (χ4v) is 3.49. The molecule has 29 heavy (non-hydrogen) atoms. The van der Waals surface area contributed by atoms with Crippen LogP contribution in [0.15, 0.2) is 47.1 Å². The summed E-state index contributed by atoms with van der Waals surface area (Å²) in [6, 6.07) is 8.92. The summed E-state index contributed by atoms with van der Waals surface area (Å²) >= 11 is 0. The maximum atomic E-state index is 12.7. The molecule has 1 N–H and O–H groups in total. The SMILES string of the molecule is CNc1ccc(-c2noc(C3CCCN3Cc3ccc(C(F)(F)F)cc3)n2)cn1.